The number of carbonyl (C=O) groups is 1. The van der Waals surface area contributed by atoms with E-state index in [9.17, 15) is 9.90 Å². The van der Waals surface area contributed by atoms with Crippen LogP contribution in [0.15, 0.2) is 48.5 Å². The molecule has 1 aromatic heterocycles. The largest absolute Gasteiger partial charge is 0.392 e. The maximum atomic E-state index is 12.4. The third kappa shape index (κ3) is 3.69. The number of pyridine rings is 1. The van der Waals surface area contributed by atoms with Crippen molar-refractivity contribution < 1.29 is 9.90 Å². The molecule has 4 heteroatoms. The molecule has 2 aromatic carbocycles. The van der Waals surface area contributed by atoms with Crippen LogP contribution in [-0.4, -0.2) is 16.0 Å². The van der Waals surface area contributed by atoms with Crippen LogP contribution >= 0.6 is 0 Å². The SMILES string of the molecule is Cc1nc2ccccc2c(C)c1CC(=O)NCc1ccccc1CO. The number of hydrogen-bond acceptors (Lipinski definition) is 3. The Morgan fingerprint density at radius 1 is 1.04 bits per heavy atom. The van der Waals surface area contributed by atoms with Gasteiger partial charge in [-0.25, -0.2) is 0 Å². The molecule has 0 radical (unpaired) electrons. The lowest BCUT2D eigenvalue weighted by Crippen LogP contribution is -2.26. The number of nitrogens with one attached hydrogen (secondary N) is 1. The van der Waals surface area contributed by atoms with Crippen molar-refractivity contribution >= 4 is 16.8 Å². The van der Waals surface area contributed by atoms with Crippen LogP contribution in [0.1, 0.15) is 27.9 Å². The van der Waals surface area contributed by atoms with Crippen LogP contribution in [0.5, 0.6) is 0 Å². The molecule has 128 valence electrons. The summed E-state index contributed by atoms with van der Waals surface area (Å²) in [5.41, 5.74) is 5.70. The number of hydrogen-bond donors (Lipinski definition) is 2. The fourth-order valence-corrected chi connectivity index (χ4v) is 3.13. The fourth-order valence-electron chi connectivity index (χ4n) is 3.13. The summed E-state index contributed by atoms with van der Waals surface area (Å²) in [6.45, 7) is 4.37. The van der Waals surface area contributed by atoms with Crippen LogP contribution in [0.25, 0.3) is 10.9 Å². The lowest BCUT2D eigenvalue weighted by atomic mass is 9.99. The molecular weight excluding hydrogens is 312 g/mol. The van der Waals surface area contributed by atoms with E-state index in [0.717, 1.165) is 38.9 Å². The van der Waals surface area contributed by atoms with Crippen molar-refractivity contribution in [3.05, 3.63) is 76.5 Å². The van der Waals surface area contributed by atoms with Crippen LogP contribution in [0, 0.1) is 13.8 Å². The van der Waals surface area contributed by atoms with Crippen molar-refractivity contribution in [2.45, 2.75) is 33.4 Å². The number of aryl methyl sites for hydroxylation is 2. The summed E-state index contributed by atoms with van der Waals surface area (Å²) in [4.78, 5) is 17.0. The van der Waals surface area contributed by atoms with Crippen LogP contribution in [-0.2, 0) is 24.4 Å². The Balaban J connectivity index is 1.76. The first-order valence-electron chi connectivity index (χ1n) is 8.39. The van der Waals surface area contributed by atoms with Crippen LogP contribution < -0.4 is 5.32 Å². The van der Waals surface area contributed by atoms with Crippen LogP contribution in [0.3, 0.4) is 0 Å². The Morgan fingerprint density at radius 2 is 1.72 bits per heavy atom. The predicted octanol–water partition coefficient (Wildman–Crippen LogP) is 3.20. The van der Waals surface area contributed by atoms with E-state index >= 15 is 0 Å². The lowest BCUT2D eigenvalue weighted by molar-refractivity contribution is -0.120. The van der Waals surface area contributed by atoms with Crippen molar-refractivity contribution in [2.75, 3.05) is 0 Å². The summed E-state index contributed by atoms with van der Waals surface area (Å²) in [6.07, 6.45) is 0.302. The number of nitrogens with zero attached hydrogens (tertiary/aromatic N) is 1. The van der Waals surface area contributed by atoms with Crippen molar-refractivity contribution in [1.82, 2.24) is 10.3 Å². The minimum atomic E-state index is -0.0453. The van der Waals surface area contributed by atoms with Gasteiger partial charge in [0.2, 0.25) is 5.91 Å². The normalized spacial score (nSPS) is 10.8. The molecule has 0 bridgehead atoms. The smallest absolute Gasteiger partial charge is 0.224 e. The fraction of sp³-hybridized carbons (Fsp3) is 0.238. The van der Waals surface area contributed by atoms with Crippen LogP contribution in [0.2, 0.25) is 0 Å². The molecule has 25 heavy (non-hydrogen) atoms. The van der Waals surface area contributed by atoms with E-state index in [1.54, 1.807) is 0 Å². The number of rotatable bonds is 5. The van der Waals surface area contributed by atoms with E-state index < -0.39 is 0 Å². The molecule has 3 aromatic rings. The van der Waals surface area contributed by atoms with Crippen molar-refractivity contribution in [3.63, 3.8) is 0 Å². The minimum absolute atomic E-state index is 0.0289. The van der Waals surface area contributed by atoms with Gasteiger partial charge in [-0.2, -0.15) is 0 Å². The van der Waals surface area contributed by atoms with Crippen molar-refractivity contribution in [1.29, 1.82) is 0 Å². The van der Waals surface area contributed by atoms with Gasteiger partial charge in [0.05, 0.1) is 18.5 Å². The monoisotopic (exact) mass is 334 g/mol. The van der Waals surface area contributed by atoms with Gasteiger partial charge in [0.1, 0.15) is 0 Å². The van der Waals surface area contributed by atoms with E-state index in [1.165, 1.54) is 0 Å². The summed E-state index contributed by atoms with van der Waals surface area (Å²) in [6, 6.07) is 15.6. The molecule has 0 aliphatic carbocycles. The number of amides is 1. The minimum Gasteiger partial charge on any atom is -0.392 e. The summed E-state index contributed by atoms with van der Waals surface area (Å²) in [7, 11) is 0. The molecule has 0 fully saturated rings. The zero-order valence-electron chi connectivity index (χ0n) is 14.5. The van der Waals surface area contributed by atoms with Gasteiger partial charge in [-0.3, -0.25) is 9.78 Å². The third-order valence-electron chi connectivity index (χ3n) is 4.59. The van der Waals surface area contributed by atoms with E-state index in [4.69, 9.17) is 0 Å². The molecule has 0 spiro atoms. The number of aromatic nitrogens is 1. The standard InChI is InChI=1S/C21H22N2O2/c1-14-18-9-5-6-10-20(18)23-15(2)19(14)11-21(25)22-12-16-7-3-4-8-17(16)13-24/h3-10,24H,11-13H2,1-2H3,(H,22,25). The highest BCUT2D eigenvalue weighted by Crippen LogP contribution is 2.22. The first-order valence-corrected chi connectivity index (χ1v) is 8.39. The van der Waals surface area contributed by atoms with E-state index in [1.807, 2.05) is 62.4 Å². The molecule has 0 saturated heterocycles. The highest BCUT2D eigenvalue weighted by Gasteiger charge is 2.13. The average Bonchev–Trinajstić information content (AvgIpc) is 2.63. The quantitative estimate of drug-likeness (QED) is 0.753. The summed E-state index contributed by atoms with van der Waals surface area (Å²) in [5.74, 6) is -0.0453. The maximum absolute atomic E-state index is 12.4. The zero-order chi connectivity index (χ0) is 17.8. The number of carbonyl (C=O) groups excluding carboxylic acids is 1. The predicted molar refractivity (Wildman–Crippen MR) is 99.1 cm³/mol. The van der Waals surface area contributed by atoms with Crippen molar-refractivity contribution in [2.24, 2.45) is 0 Å². The zero-order valence-corrected chi connectivity index (χ0v) is 14.5. The van der Waals surface area contributed by atoms with Crippen molar-refractivity contribution in [3.8, 4) is 0 Å². The topological polar surface area (TPSA) is 62.2 Å². The number of benzene rings is 2. The van der Waals surface area contributed by atoms with Gasteiger partial charge < -0.3 is 10.4 Å². The van der Waals surface area contributed by atoms with E-state index in [0.29, 0.717) is 13.0 Å². The Hall–Kier alpha value is -2.72. The first-order chi connectivity index (χ1) is 12.1. The van der Waals surface area contributed by atoms with Gasteiger partial charge in [-0.1, -0.05) is 42.5 Å². The molecule has 0 aliphatic heterocycles. The van der Waals surface area contributed by atoms with Gasteiger partial charge in [-0.05, 0) is 42.2 Å². The second-order valence-electron chi connectivity index (χ2n) is 6.20. The number of para-hydroxylation sites is 1. The molecule has 2 N–H and O–H groups in total. The van der Waals surface area contributed by atoms with Crippen LogP contribution in [0.4, 0.5) is 0 Å². The molecule has 0 saturated carbocycles. The molecule has 4 nitrogen and oxygen atoms in total. The Morgan fingerprint density at radius 3 is 2.48 bits per heavy atom. The molecule has 1 amide bonds. The molecule has 0 aliphatic rings. The number of fused-ring (bicyclic) bond motifs is 1. The average molecular weight is 334 g/mol. The first kappa shape index (κ1) is 17.1. The van der Waals surface area contributed by atoms with Gasteiger partial charge in [0, 0.05) is 17.6 Å². The highest BCUT2D eigenvalue weighted by atomic mass is 16.3. The Bertz CT molecular complexity index is 919. The Labute approximate surface area is 147 Å². The second-order valence-corrected chi connectivity index (χ2v) is 6.20. The summed E-state index contributed by atoms with van der Waals surface area (Å²) >= 11 is 0. The number of aliphatic hydroxyl groups excluding tert-OH is 1. The molecule has 1 heterocycles. The highest BCUT2D eigenvalue weighted by molar-refractivity contribution is 5.86. The number of aliphatic hydroxyl groups is 1. The van der Waals surface area contributed by atoms with E-state index in [2.05, 4.69) is 10.3 Å². The summed E-state index contributed by atoms with van der Waals surface area (Å²) in [5, 5.41) is 13.4. The Kier molecular flexibility index (Phi) is 5.10. The van der Waals surface area contributed by atoms with Gasteiger partial charge in [-0.15, -0.1) is 0 Å². The van der Waals surface area contributed by atoms with Gasteiger partial charge in [0.25, 0.3) is 0 Å². The molecule has 0 unspecified atom stereocenters. The van der Waals surface area contributed by atoms with Gasteiger partial charge >= 0.3 is 0 Å². The lowest BCUT2D eigenvalue weighted by Gasteiger charge is -2.13. The molecule has 0 atom stereocenters. The molecular formula is C21H22N2O2. The second kappa shape index (κ2) is 7.45. The maximum Gasteiger partial charge on any atom is 0.224 e. The van der Waals surface area contributed by atoms with E-state index in [-0.39, 0.29) is 12.5 Å². The molecule has 3 rings (SSSR count). The summed E-state index contributed by atoms with van der Waals surface area (Å²) < 4.78 is 0. The van der Waals surface area contributed by atoms with Gasteiger partial charge in [0.15, 0.2) is 0 Å². The third-order valence-corrected chi connectivity index (χ3v) is 4.59.